The number of nitrogens with zero attached hydrogens (tertiary/aromatic N) is 2. The molecule has 1 aromatic heterocycles. The lowest BCUT2D eigenvalue weighted by Crippen LogP contribution is -2.28. The molecule has 1 unspecified atom stereocenters. The van der Waals surface area contributed by atoms with Crippen molar-refractivity contribution in [2.75, 3.05) is 32.8 Å². The van der Waals surface area contributed by atoms with Crippen molar-refractivity contribution < 1.29 is 13.5 Å². The maximum absolute atomic E-state index is 12.9. The fourth-order valence-electron chi connectivity index (χ4n) is 4.13. The number of benzene rings is 1. The molecule has 3 atom stereocenters. The Morgan fingerprint density at radius 3 is 2.68 bits per heavy atom. The zero-order valence-corrected chi connectivity index (χ0v) is 14.1. The van der Waals surface area contributed by atoms with Crippen LogP contribution in [0.25, 0.3) is 0 Å². The minimum Gasteiger partial charge on any atom is -0.381 e. The van der Waals surface area contributed by atoms with Gasteiger partial charge in [0.15, 0.2) is 0 Å². The number of nitrogens with one attached hydrogen (secondary N) is 1. The summed E-state index contributed by atoms with van der Waals surface area (Å²) < 4.78 is 31.3. The average molecular weight is 347 g/mol. The largest absolute Gasteiger partial charge is 0.381 e. The molecular formula is C19H23F2N3O. The van der Waals surface area contributed by atoms with Crippen LogP contribution in [0.1, 0.15) is 41.6 Å². The molecule has 3 heterocycles. The first-order valence-corrected chi connectivity index (χ1v) is 8.89. The van der Waals surface area contributed by atoms with Crippen LogP contribution in [-0.4, -0.2) is 47.9 Å². The highest BCUT2D eigenvalue weighted by atomic mass is 19.3. The molecule has 6 heteroatoms. The molecule has 2 aromatic rings. The summed E-state index contributed by atoms with van der Waals surface area (Å²) in [6.07, 6.45) is -1.43. The van der Waals surface area contributed by atoms with Crippen molar-refractivity contribution in [1.29, 1.82) is 0 Å². The third-order valence-electron chi connectivity index (χ3n) is 5.40. The Morgan fingerprint density at radius 1 is 1.20 bits per heavy atom. The van der Waals surface area contributed by atoms with E-state index in [1.807, 2.05) is 18.2 Å². The molecule has 2 saturated heterocycles. The molecular weight excluding hydrogens is 324 g/mol. The van der Waals surface area contributed by atoms with Gasteiger partial charge in [-0.15, -0.1) is 0 Å². The van der Waals surface area contributed by atoms with Crippen molar-refractivity contribution in [3.05, 3.63) is 53.3 Å². The number of hydrogen-bond donors (Lipinski definition) is 1. The molecule has 0 aliphatic carbocycles. The Balaban J connectivity index is 1.56. The summed E-state index contributed by atoms with van der Waals surface area (Å²) in [6.45, 7) is 4.49. The molecule has 134 valence electrons. The van der Waals surface area contributed by atoms with E-state index in [0.717, 1.165) is 45.0 Å². The molecule has 1 N–H and O–H groups in total. The van der Waals surface area contributed by atoms with Crippen LogP contribution >= 0.6 is 0 Å². The first-order chi connectivity index (χ1) is 12.2. The summed E-state index contributed by atoms with van der Waals surface area (Å²) in [5.41, 5.74) is 1.91. The van der Waals surface area contributed by atoms with E-state index in [0.29, 0.717) is 5.92 Å². The highest BCUT2D eigenvalue weighted by Crippen LogP contribution is 2.40. The Labute approximate surface area is 146 Å². The highest BCUT2D eigenvalue weighted by molar-refractivity contribution is 5.29. The predicted molar refractivity (Wildman–Crippen MR) is 90.8 cm³/mol. The summed E-state index contributed by atoms with van der Waals surface area (Å²) in [6, 6.07) is 11.9. The number of aromatic nitrogens is 2. The van der Waals surface area contributed by atoms with Gasteiger partial charge >= 0.3 is 0 Å². The number of likely N-dealkylation sites (tertiary alicyclic amines) is 1. The molecule has 1 aromatic carbocycles. The summed E-state index contributed by atoms with van der Waals surface area (Å²) >= 11 is 0. The lowest BCUT2D eigenvalue weighted by atomic mass is 9.87. The van der Waals surface area contributed by atoms with E-state index >= 15 is 0 Å². The Hall–Kier alpha value is -1.79. The van der Waals surface area contributed by atoms with Crippen LogP contribution in [0.15, 0.2) is 36.4 Å². The zero-order valence-electron chi connectivity index (χ0n) is 14.1. The first-order valence-electron chi connectivity index (χ1n) is 8.89. The summed E-state index contributed by atoms with van der Waals surface area (Å²) in [4.78, 5) is 2.45. The normalized spacial score (nSPS) is 27.4. The number of rotatable bonds is 5. The van der Waals surface area contributed by atoms with Gasteiger partial charge < -0.3 is 9.64 Å². The number of ether oxygens (including phenoxy) is 1. The van der Waals surface area contributed by atoms with Crippen LogP contribution in [-0.2, 0) is 4.74 Å². The molecule has 4 rings (SSSR count). The van der Waals surface area contributed by atoms with E-state index in [1.54, 1.807) is 0 Å². The molecule has 2 aliphatic rings. The topological polar surface area (TPSA) is 41.1 Å². The van der Waals surface area contributed by atoms with Crippen molar-refractivity contribution in [2.45, 2.75) is 24.7 Å². The predicted octanol–water partition coefficient (Wildman–Crippen LogP) is 3.57. The third-order valence-corrected chi connectivity index (χ3v) is 5.40. The smallest absolute Gasteiger partial charge is 0.282 e. The lowest BCUT2D eigenvalue weighted by Gasteiger charge is -2.19. The van der Waals surface area contributed by atoms with Gasteiger partial charge in [-0.1, -0.05) is 30.3 Å². The quantitative estimate of drug-likeness (QED) is 0.899. The van der Waals surface area contributed by atoms with E-state index in [9.17, 15) is 8.78 Å². The monoisotopic (exact) mass is 347 g/mol. The Kier molecular flexibility index (Phi) is 4.81. The lowest BCUT2D eigenvalue weighted by molar-refractivity contribution is 0.146. The molecule has 0 radical (unpaired) electrons. The second kappa shape index (κ2) is 7.22. The molecule has 0 spiro atoms. The highest BCUT2D eigenvalue weighted by Gasteiger charge is 2.37. The molecule has 4 nitrogen and oxygen atoms in total. The van der Waals surface area contributed by atoms with Crippen LogP contribution in [0.3, 0.4) is 0 Å². The second-order valence-electron chi connectivity index (χ2n) is 7.12. The van der Waals surface area contributed by atoms with Gasteiger partial charge in [0.2, 0.25) is 0 Å². The van der Waals surface area contributed by atoms with E-state index in [-0.39, 0.29) is 17.5 Å². The van der Waals surface area contributed by atoms with Crippen molar-refractivity contribution in [3.63, 3.8) is 0 Å². The number of aromatic amines is 1. The van der Waals surface area contributed by atoms with E-state index in [4.69, 9.17) is 4.74 Å². The minimum absolute atomic E-state index is 0.157. The molecule has 0 amide bonds. The number of alkyl halides is 2. The van der Waals surface area contributed by atoms with Crippen molar-refractivity contribution >= 4 is 0 Å². The third kappa shape index (κ3) is 3.60. The molecule has 2 aliphatic heterocycles. The van der Waals surface area contributed by atoms with Gasteiger partial charge in [0.05, 0.1) is 6.61 Å². The van der Waals surface area contributed by atoms with E-state index < -0.39 is 6.43 Å². The fraction of sp³-hybridized carbons (Fsp3) is 0.526. The Bertz CT molecular complexity index is 685. The van der Waals surface area contributed by atoms with Gasteiger partial charge in [-0.25, -0.2) is 8.78 Å². The van der Waals surface area contributed by atoms with Crippen molar-refractivity contribution in [2.24, 2.45) is 5.92 Å². The van der Waals surface area contributed by atoms with Crippen LogP contribution in [0.2, 0.25) is 0 Å². The zero-order chi connectivity index (χ0) is 17.2. The van der Waals surface area contributed by atoms with E-state index in [2.05, 4.69) is 27.2 Å². The molecule has 25 heavy (non-hydrogen) atoms. The summed E-state index contributed by atoms with van der Waals surface area (Å²) in [5.74, 6) is 1.02. The molecule has 2 fully saturated rings. The van der Waals surface area contributed by atoms with Crippen LogP contribution < -0.4 is 0 Å². The van der Waals surface area contributed by atoms with Crippen LogP contribution in [0.4, 0.5) is 8.78 Å². The average Bonchev–Trinajstić information content (AvgIpc) is 3.36. The van der Waals surface area contributed by atoms with Gasteiger partial charge in [-0.05, 0) is 24.0 Å². The number of halogens is 2. The summed E-state index contributed by atoms with van der Waals surface area (Å²) in [5, 5.41) is 6.66. The molecule has 0 bridgehead atoms. The van der Waals surface area contributed by atoms with Gasteiger partial charge in [-0.3, -0.25) is 5.10 Å². The first kappa shape index (κ1) is 16.7. The maximum atomic E-state index is 12.9. The van der Waals surface area contributed by atoms with Gasteiger partial charge in [-0.2, -0.15) is 5.10 Å². The van der Waals surface area contributed by atoms with E-state index in [1.165, 1.54) is 11.6 Å². The second-order valence-corrected chi connectivity index (χ2v) is 7.12. The van der Waals surface area contributed by atoms with Crippen molar-refractivity contribution in [3.8, 4) is 0 Å². The summed E-state index contributed by atoms with van der Waals surface area (Å²) in [7, 11) is 0. The SMILES string of the molecule is FC(F)c1cc([C@@H]2CN(CC3CCOC3)C[C@H]2c2ccccc2)[nH]n1. The van der Waals surface area contributed by atoms with Gasteiger partial charge in [0.1, 0.15) is 5.69 Å². The number of H-pyrrole nitrogens is 1. The van der Waals surface area contributed by atoms with Crippen LogP contribution in [0.5, 0.6) is 0 Å². The van der Waals surface area contributed by atoms with Gasteiger partial charge in [0, 0.05) is 43.8 Å². The van der Waals surface area contributed by atoms with Crippen molar-refractivity contribution in [1.82, 2.24) is 15.1 Å². The standard InChI is InChI=1S/C19H23F2N3O/c20-19(21)18-8-17(22-23-18)16-11-24(9-13-6-7-25-12-13)10-15(16)14-4-2-1-3-5-14/h1-5,8,13,15-16,19H,6-7,9-12H2,(H,22,23)/t13?,15-,16+/m0/s1. The van der Waals surface area contributed by atoms with Gasteiger partial charge in [0.25, 0.3) is 6.43 Å². The minimum atomic E-state index is -2.53. The molecule has 0 saturated carbocycles. The fourth-order valence-corrected chi connectivity index (χ4v) is 4.13. The Morgan fingerprint density at radius 2 is 2.00 bits per heavy atom. The number of hydrogen-bond acceptors (Lipinski definition) is 3. The maximum Gasteiger partial charge on any atom is 0.282 e. The van der Waals surface area contributed by atoms with Crippen LogP contribution in [0, 0.1) is 5.92 Å².